The van der Waals surface area contributed by atoms with Crippen molar-refractivity contribution in [1.29, 1.82) is 0 Å². The molecule has 0 bridgehead atoms. The highest BCUT2D eigenvalue weighted by Crippen LogP contribution is 2.31. The average Bonchev–Trinajstić information content (AvgIpc) is 2.73. The molecule has 2 nitrogen and oxygen atoms in total. The summed E-state index contributed by atoms with van der Waals surface area (Å²) < 4.78 is 39.0. The van der Waals surface area contributed by atoms with Gasteiger partial charge in [-0.2, -0.15) is 21.1 Å². The van der Waals surface area contributed by atoms with Gasteiger partial charge < -0.3 is 5.32 Å². The molecule has 94 valence electrons. The Morgan fingerprint density at radius 1 is 1.29 bits per heavy atom. The number of rotatable bonds is 3. The summed E-state index contributed by atoms with van der Waals surface area (Å²) in [6.45, 7) is 0. The summed E-state index contributed by atoms with van der Waals surface area (Å²) in [6.07, 6.45) is 4.98. The first-order valence-electron chi connectivity index (χ1n) is 5.42. The lowest BCUT2D eigenvalue weighted by Gasteiger charge is -2.19. The van der Waals surface area contributed by atoms with Crippen LogP contribution in [0.4, 0.5) is 19.0 Å². The number of anilines is 1. The predicted octanol–water partition coefficient (Wildman–Crippen LogP) is 3.19. The molecular weight excluding hydrogens is 249 g/mol. The van der Waals surface area contributed by atoms with Gasteiger partial charge in [-0.25, -0.2) is 8.78 Å². The van der Waals surface area contributed by atoms with E-state index in [4.69, 9.17) is 0 Å². The molecule has 1 aromatic rings. The Hall–Kier alpha value is -0.910. The summed E-state index contributed by atoms with van der Waals surface area (Å²) >= 11 is 1.69. The molecule has 1 N–H and O–H groups in total. The summed E-state index contributed by atoms with van der Waals surface area (Å²) in [6, 6.07) is 0.588. The van der Waals surface area contributed by atoms with E-state index >= 15 is 0 Å². The molecule has 2 rings (SSSR count). The van der Waals surface area contributed by atoms with Crippen molar-refractivity contribution in [2.75, 3.05) is 11.6 Å². The van der Waals surface area contributed by atoms with E-state index in [1.165, 1.54) is 0 Å². The fourth-order valence-electron chi connectivity index (χ4n) is 2.09. The zero-order valence-electron chi connectivity index (χ0n) is 9.34. The highest BCUT2D eigenvalue weighted by molar-refractivity contribution is 7.99. The highest BCUT2D eigenvalue weighted by Gasteiger charge is 2.27. The molecule has 2 unspecified atom stereocenters. The summed E-state index contributed by atoms with van der Waals surface area (Å²) in [5.74, 6) is -3.58. The molecule has 0 saturated heterocycles. The van der Waals surface area contributed by atoms with Crippen molar-refractivity contribution >= 4 is 17.6 Å². The molecule has 6 heteroatoms. The third kappa shape index (κ3) is 2.68. The molecule has 1 fully saturated rings. The Labute approximate surface area is 102 Å². The number of thioether (sulfide) groups is 1. The van der Waals surface area contributed by atoms with Gasteiger partial charge in [0.2, 0.25) is 0 Å². The second-order valence-electron chi connectivity index (χ2n) is 4.05. The van der Waals surface area contributed by atoms with Crippen LogP contribution in [0.15, 0.2) is 6.07 Å². The molecule has 2 atom stereocenters. The van der Waals surface area contributed by atoms with Crippen molar-refractivity contribution in [3.05, 3.63) is 23.6 Å². The van der Waals surface area contributed by atoms with Crippen molar-refractivity contribution < 1.29 is 13.2 Å². The third-order valence-electron chi connectivity index (χ3n) is 2.96. The zero-order chi connectivity index (χ0) is 12.4. The Bertz CT molecular complexity index is 414. The van der Waals surface area contributed by atoms with Crippen molar-refractivity contribution in [2.24, 2.45) is 0 Å². The van der Waals surface area contributed by atoms with E-state index in [1.807, 2.05) is 6.26 Å². The lowest BCUT2D eigenvalue weighted by Crippen LogP contribution is -2.27. The van der Waals surface area contributed by atoms with Crippen LogP contribution in [0.25, 0.3) is 0 Å². The first kappa shape index (κ1) is 12.5. The summed E-state index contributed by atoms with van der Waals surface area (Å²) in [7, 11) is 0. The normalized spacial score (nSPS) is 24.0. The molecule has 1 aromatic heterocycles. The van der Waals surface area contributed by atoms with Crippen LogP contribution in [0.1, 0.15) is 19.3 Å². The third-order valence-corrected chi connectivity index (χ3v) is 4.13. The SMILES string of the molecule is CSC1CCCC1Nc1nc(F)c(F)cc1F. The van der Waals surface area contributed by atoms with Crippen LogP contribution in [-0.4, -0.2) is 22.5 Å². The lowest BCUT2D eigenvalue weighted by atomic mass is 10.2. The van der Waals surface area contributed by atoms with E-state index in [2.05, 4.69) is 10.3 Å². The number of hydrogen-bond acceptors (Lipinski definition) is 3. The van der Waals surface area contributed by atoms with Gasteiger partial charge in [-0.3, -0.25) is 0 Å². The topological polar surface area (TPSA) is 24.9 Å². The summed E-state index contributed by atoms with van der Waals surface area (Å²) in [4.78, 5) is 3.27. The summed E-state index contributed by atoms with van der Waals surface area (Å²) in [5, 5.41) is 3.23. The second-order valence-corrected chi connectivity index (χ2v) is 5.12. The Kier molecular flexibility index (Phi) is 3.81. The number of aromatic nitrogens is 1. The standard InChI is InChI=1S/C11H13F3N2S/c1-17-9-4-2-3-8(9)15-11-7(13)5-6(12)10(14)16-11/h5,8-9H,2-4H2,1H3,(H,15,16). The van der Waals surface area contributed by atoms with Crippen LogP contribution in [0.5, 0.6) is 0 Å². The Morgan fingerprint density at radius 3 is 2.76 bits per heavy atom. The number of pyridine rings is 1. The fourth-order valence-corrected chi connectivity index (χ4v) is 3.03. The quantitative estimate of drug-likeness (QED) is 0.847. The minimum atomic E-state index is -1.27. The van der Waals surface area contributed by atoms with E-state index in [0.717, 1.165) is 19.3 Å². The predicted molar refractivity (Wildman–Crippen MR) is 62.7 cm³/mol. The van der Waals surface area contributed by atoms with E-state index in [-0.39, 0.29) is 11.9 Å². The fraction of sp³-hybridized carbons (Fsp3) is 0.545. The van der Waals surface area contributed by atoms with Gasteiger partial charge in [0, 0.05) is 17.4 Å². The molecule has 1 aliphatic rings. The van der Waals surface area contributed by atoms with Crippen LogP contribution in [0.2, 0.25) is 0 Å². The monoisotopic (exact) mass is 262 g/mol. The second kappa shape index (κ2) is 5.16. The largest absolute Gasteiger partial charge is 0.364 e. The van der Waals surface area contributed by atoms with Gasteiger partial charge in [0.15, 0.2) is 17.5 Å². The van der Waals surface area contributed by atoms with Crippen LogP contribution in [0, 0.1) is 17.6 Å². The number of hydrogen-bond donors (Lipinski definition) is 1. The minimum absolute atomic E-state index is 0.0665. The first-order chi connectivity index (χ1) is 8.11. The van der Waals surface area contributed by atoms with Gasteiger partial charge in [0.25, 0.3) is 5.95 Å². The maximum atomic E-state index is 13.4. The van der Waals surface area contributed by atoms with Crippen molar-refractivity contribution in [3.8, 4) is 0 Å². The van der Waals surface area contributed by atoms with Crippen molar-refractivity contribution in [3.63, 3.8) is 0 Å². The van der Waals surface area contributed by atoms with E-state index < -0.39 is 17.6 Å². The van der Waals surface area contributed by atoms with Gasteiger partial charge in [0.05, 0.1) is 0 Å². The van der Waals surface area contributed by atoms with E-state index in [0.29, 0.717) is 11.3 Å². The molecule has 1 aliphatic carbocycles. The molecule has 0 spiro atoms. The van der Waals surface area contributed by atoms with Gasteiger partial charge in [-0.1, -0.05) is 6.42 Å². The zero-order valence-corrected chi connectivity index (χ0v) is 10.2. The van der Waals surface area contributed by atoms with Gasteiger partial charge >= 0.3 is 0 Å². The lowest BCUT2D eigenvalue weighted by molar-refractivity contribution is 0.465. The molecule has 0 radical (unpaired) electrons. The van der Waals surface area contributed by atoms with E-state index in [9.17, 15) is 13.2 Å². The van der Waals surface area contributed by atoms with Gasteiger partial charge in [-0.15, -0.1) is 0 Å². The van der Waals surface area contributed by atoms with Crippen LogP contribution >= 0.6 is 11.8 Å². The minimum Gasteiger partial charge on any atom is -0.364 e. The maximum Gasteiger partial charge on any atom is 0.251 e. The van der Waals surface area contributed by atoms with Crippen LogP contribution < -0.4 is 5.32 Å². The Balaban J connectivity index is 2.15. The molecule has 1 saturated carbocycles. The molecule has 17 heavy (non-hydrogen) atoms. The first-order valence-corrected chi connectivity index (χ1v) is 6.71. The number of nitrogens with zero attached hydrogens (tertiary/aromatic N) is 1. The highest BCUT2D eigenvalue weighted by atomic mass is 32.2. The summed E-state index contributed by atoms with van der Waals surface area (Å²) in [5.41, 5.74) is 0. The van der Waals surface area contributed by atoms with E-state index in [1.54, 1.807) is 11.8 Å². The maximum absolute atomic E-state index is 13.4. The van der Waals surface area contributed by atoms with Crippen LogP contribution in [0.3, 0.4) is 0 Å². The molecule has 0 aromatic carbocycles. The number of nitrogens with one attached hydrogen (secondary N) is 1. The van der Waals surface area contributed by atoms with Crippen LogP contribution in [-0.2, 0) is 0 Å². The molecular formula is C11H13F3N2S. The smallest absolute Gasteiger partial charge is 0.251 e. The van der Waals surface area contributed by atoms with Gasteiger partial charge in [0.1, 0.15) is 0 Å². The average molecular weight is 262 g/mol. The molecule has 0 amide bonds. The molecule has 0 aliphatic heterocycles. The van der Waals surface area contributed by atoms with Gasteiger partial charge in [-0.05, 0) is 19.1 Å². The molecule has 1 heterocycles. The Morgan fingerprint density at radius 2 is 2.06 bits per heavy atom. The van der Waals surface area contributed by atoms with Crippen molar-refractivity contribution in [2.45, 2.75) is 30.6 Å². The number of halogens is 3. The van der Waals surface area contributed by atoms with Crippen molar-refractivity contribution in [1.82, 2.24) is 4.98 Å².